The Hall–Kier alpha value is -1.11. The van der Waals surface area contributed by atoms with E-state index in [1.807, 2.05) is 0 Å². The molecule has 0 saturated heterocycles. The molecule has 2 amide bonds. The molecule has 0 fully saturated rings. The number of hydrogen-bond acceptors (Lipinski definition) is 3. The molecule has 0 heterocycles. The largest absolute Gasteiger partial charge is 0.481 e. The standard InChI is InChI=1S/C10H20N2O4S/c1-4-12(6-5-9(13)14)10(15)11-7-8(2)17(3)16/h8H,4-7H2,1-3H3,(H,11,15)(H,13,14). The van der Waals surface area contributed by atoms with E-state index in [1.165, 1.54) is 4.90 Å². The molecule has 0 saturated carbocycles. The fraction of sp³-hybridized carbons (Fsp3) is 0.800. The predicted octanol–water partition coefficient (Wildman–Crippen LogP) is 0.260. The first-order valence-corrected chi connectivity index (χ1v) is 7.07. The van der Waals surface area contributed by atoms with Gasteiger partial charge in [0.15, 0.2) is 0 Å². The van der Waals surface area contributed by atoms with E-state index in [0.29, 0.717) is 13.1 Å². The number of amides is 2. The topological polar surface area (TPSA) is 86.7 Å². The second-order valence-corrected chi connectivity index (χ2v) is 5.52. The van der Waals surface area contributed by atoms with Gasteiger partial charge < -0.3 is 15.3 Å². The monoisotopic (exact) mass is 264 g/mol. The number of carboxylic acids is 1. The Morgan fingerprint density at radius 1 is 1.47 bits per heavy atom. The molecule has 0 aliphatic heterocycles. The molecule has 6 nitrogen and oxygen atoms in total. The smallest absolute Gasteiger partial charge is 0.317 e. The molecule has 0 aliphatic rings. The van der Waals surface area contributed by atoms with Crippen LogP contribution < -0.4 is 5.32 Å². The van der Waals surface area contributed by atoms with E-state index in [9.17, 15) is 13.8 Å². The lowest BCUT2D eigenvalue weighted by atomic mass is 10.4. The Balaban J connectivity index is 4.08. The highest BCUT2D eigenvalue weighted by Crippen LogP contribution is 1.95. The van der Waals surface area contributed by atoms with Crippen LogP contribution in [0.3, 0.4) is 0 Å². The average Bonchev–Trinajstić information content (AvgIpc) is 2.25. The summed E-state index contributed by atoms with van der Waals surface area (Å²) >= 11 is 0. The number of aliphatic carboxylic acids is 1. The van der Waals surface area contributed by atoms with Gasteiger partial charge in [0.1, 0.15) is 0 Å². The van der Waals surface area contributed by atoms with Crippen molar-refractivity contribution in [3.05, 3.63) is 0 Å². The lowest BCUT2D eigenvalue weighted by Gasteiger charge is -2.21. The minimum absolute atomic E-state index is 0.0729. The van der Waals surface area contributed by atoms with Crippen LogP contribution in [0, 0.1) is 0 Å². The zero-order valence-electron chi connectivity index (χ0n) is 10.4. The molecular formula is C10H20N2O4S. The predicted molar refractivity (Wildman–Crippen MR) is 66.4 cm³/mol. The van der Waals surface area contributed by atoms with Crippen molar-refractivity contribution in [2.45, 2.75) is 25.5 Å². The van der Waals surface area contributed by atoms with E-state index in [2.05, 4.69) is 5.32 Å². The third-order valence-electron chi connectivity index (χ3n) is 2.37. The first-order valence-electron chi connectivity index (χ1n) is 5.45. The Bertz CT molecular complexity index is 296. The van der Waals surface area contributed by atoms with Gasteiger partial charge in [-0.05, 0) is 13.8 Å². The van der Waals surface area contributed by atoms with Crippen molar-refractivity contribution >= 4 is 22.8 Å². The molecule has 0 aromatic heterocycles. The van der Waals surface area contributed by atoms with Gasteiger partial charge in [0.25, 0.3) is 0 Å². The third kappa shape index (κ3) is 6.93. The van der Waals surface area contributed by atoms with Gasteiger partial charge in [-0.3, -0.25) is 9.00 Å². The van der Waals surface area contributed by atoms with Gasteiger partial charge in [-0.2, -0.15) is 0 Å². The van der Waals surface area contributed by atoms with Crippen LogP contribution in [0.15, 0.2) is 0 Å². The molecule has 2 N–H and O–H groups in total. The summed E-state index contributed by atoms with van der Waals surface area (Å²) in [5.74, 6) is -0.931. The molecule has 17 heavy (non-hydrogen) atoms. The number of hydrogen-bond donors (Lipinski definition) is 2. The minimum atomic E-state index is -0.980. The number of urea groups is 1. The number of rotatable bonds is 7. The number of carbonyl (C=O) groups is 2. The van der Waals surface area contributed by atoms with Crippen molar-refractivity contribution in [3.8, 4) is 0 Å². The van der Waals surface area contributed by atoms with E-state index >= 15 is 0 Å². The van der Waals surface area contributed by atoms with Crippen molar-refractivity contribution in [3.63, 3.8) is 0 Å². The number of carbonyl (C=O) groups excluding carboxylic acids is 1. The summed E-state index contributed by atoms with van der Waals surface area (Å²) in [4.78, 5) is 23.5. The van der Waals surface area contributed by atoms with E-state index in [0.717, 1.165) is 0 Å². The molecule has 2 atom stereocenters. The van der Waals surface area contributed by atoms with Crippen LogP contribution in [-0.2, 0) is 15.6 Å². The molecule has 0 aromatic rings. The summed E-state index contributed by atoms with van der Waals surface area (Å²) in [6.45, 7) is 4.52. The van der Waals surface area contributed by atoms with Gasteiger partial charge >= 0.3 is 12.0 Å². The zero-order valence-corrected chi connectivity index (χ0v) is 11.2. The molecule has 0 radical (unpaired) electrons. The Kier molecular flexibility index (Phi) is 7.53. The second-order valence-electron chi connectivity index (χ2n) is 3.72. The van der Waals surface area contributed by atoms with Crippen LogP contribution in [-0.4, -0.2) is 57.4 Å². The Morgan fingerprint density at radius 3 is 2.47 bits per heavy atom. The van der Waals surface area contributed by atoms with Crippen LogP contribution in [0.5, 0.6) is 0 Å². The SMILES string of the molecule is CCN(CCC(=O)O)C(=O)NCC(C)S(C)=O. The third-order valence-corrected chi connectivity index (χ3v) is 3.67. The summed E-state index contributed by atoms with van der Waals surface area (Å²) in [6, 6.07) is -0.314. The highest BCUT2D eigenvalue weighted by molar-refractivity contribution is 7.84. The lowest BCUT2D eigenvalue weighted by Crippen LogP contribution is -2.43. The maximum atomic E-state index is 11.6. The van der Waals surface area contributed by atoms with Crippen LogP contribution in [0.4, 0.5) is 4.79 Å². The normalized spacial score (nSPS) is 13.8. The van der Waals surface area contributed by atoms with E-state index in [4.69, 9.17) is 5.11 Å². The quantitative estimate of drug-likeness (QED) is 0.690. The van der Waals surface area contributed by atoms with Crippen molar-refractivity contribution in [1.29, 1.82) is 0 Å². The average molecular weight is 264 g/mol. The zero-order chi connectivity index (χ0) is 13.4. The highest BCUT2D eigenvalue weighted by atomic mass is 32.2. The maximum Gasteiger partial charge on any atom is 0.317 e. The first-order chi connectivity index (χ1) is 7.88. The molecule has 0 bridgehead atoms. The highest BCUT2D eigenvalue weighted by Gasteiger charge is 2.14. The van der Waals surface area contributed by atoms with Crippen molar-refractivity contribution in [2.24, 2.45) is 0 Å². The first kappa shape index (κ1) is 15.9. The van der Waals surface area contributed by atoms with E-state index in [1.54, 1.807) is 20.1 Å². The molecule has 0 aromatic carbocycles. The van der Waals surface area contributed by atoms with Gasteiger partial charge in [0.05, 0.1) is 6.42 Å². The fourth-order valence-corrected chi connectivity index (χ4v) is 1.41. The van der Waals surface area contributed by atoms with Crippen molar-refractivity contribution in [1.82, 2.24) is 10.2 Å². The molecule has 100 valence electrons. The molecule has 7 heteroatoms. The van der Waals surface area contributed by atoms with E-state index in [-0.39, 0.29) is 24.2 Å². The van der Waals surface area contributed by atoms with Crippen LogP contribution in [0.1, 0.15) is 20.3 Å². The number of carboxylic acid groups (broad SMARTS) is 1. The molecule has 2 unspecified atom stereocenters. The fourth-order valence-electron chi connectivity index (χ4n) is 1.09. The molecule has 0 aliphatic carbocycles. The lowest BCUT2D eigenvalue weighted by molar-refractivity contribution is -0.137. The number of nitrogens with one attached hydrogen (secondary N) is 1. The summed E-state index contributed by atoms with van der Waals surface area (Å²) in [5, 5.41) is 11.1. The van der Waals surface area contributed by atoms with Gasteiger partial charge in [0.2, 0.25) is 0 Å². The van der Waals surface area contributed by atoms with Crippen molar-refractivity contribution in [2.75, 3.05) is 25.9 Å². The van der Waals surface area contributed by atoms with Gasteiger partial charge in [-0.15, -0.1) is 0 Å². The Morgan fingerprint density at radius 2 is 2.06 bits per heavy atom. The summed E-state index contributed by atoms with van der Waals surface area (Å²) in [7, 11) is -0.980. The summed E-state index contributed by atoms with van der Waals surface area (Å²) in [5.41, 5.74) is 0. The van der Waals surface area contributed by atoms with Gasteiger partial charge in [-0.25, -0.2) is 4.79 Å². The number of nitrogens with zero attached hydrogens (tertiary/aromatic N) is 1. The second kappa shape index (κ2) is 8.05. The van der Waals surface area contributed by atoms with Crippen LogP contribution >= 0.6 is 0 Å². The Labute approximate surface area is 104 Å². The van der Waals surface area contributed by atoms with Crippen molar-refractivity contribution < 1.29 is 18.9 Å². The van der Waals surface area contributed by atoms with Gasteiger partial charge in [0, 0.05) is 41.9 Å². The molecular weight excluding hydrogens is 244 g/mol. The molecule has 0 spiro atoms. The maximum absolute atomic E-state index is 11.6. The van der Waals surface area contributed by atoms with Crippen LogP contribution in [0.25, 0.3) is 0 Å². The van der Waals surface area contributed by atoms with Crippen LogP contribution in [0.2, 0.25) is 0 Å². The summed E-state index contributed by atoms with van der Waals surface area (Å²) in [6.07, 6.45) is 1.51. The minimum Gasteiger partial charge on any atom is -0.481 e. The summed E-state index contributed by atoms with van der Waals surface area (Å²) < 4.78 is 11.1. The molecule has 0 rings (SSSR count). The van der Waals surface area contributed by atoms with Gasteiger partial charge in [-0.1, -0.05) is 0 Å². The van der Waals surface area contributed by atoms with E-state index < -0.39 is 16.8 Å².